The third kappa shape index (κ3) is 3.74. The largest absolute Gasteiger partial charge is 0.497 e. The summed E-state index contributed by atoms with van der Waals surface area (Å²) in [6.07, 6.45) is -4.39. The summed E-state index contributed by atoms with van der Waals surface area (Å²) in [4.78, 5) is 0. The Morgan fingerprint density at radius 3 is 1.97 bits per heavy atom. The SMILES string of the molecule is COc1ccc(-c2onc(-c3ccccc3)c2-c2ccc(C(F)(F)F)cc2)cc1. The Kier molecular flexibility index (Phi) is 4.84. The van der Waals surface area contributed by atoms with E-state index in [4.69, 9.17) is 9.26 Å². The molecule has 0 fully saturated rings. The number of alkyl halides is 3. The van der Waals surface area contributed by atoms with E-state index in [0.29, 0.717) is 28.3 Å². The first-order valence-electron chi connectivity index (χ1n) is 8.84. The summed E-state index contributed by atoms with van der Waals surface area (Å²) >= 11 is 0. The zero-order valence-corrected chi connectivity index (χ0v) is 15.4. The van der Waals surface area contributed by atoms with Crippen LogP contribution in [0.25, 0.3) is 33.7 Å². The molecule has 0 amide bonds. The lowest BCUT2D eigenvalue weighted by atomic mass is 9.95. The van der Waals surface area contributed by atoms with Gasteiger partial charge in [0.2, 0.25) is 0 Å². The van der Waals surface area contributed by atoms with Crippen LogP contribution in [0.15, 0.2) is 83.4 Å². The maximum atomic E-state index is 13.0. The third-order valence-electron chi connectivity index (χ3n) is 4.59. The van der Waals surface area contributed by atoms with E-state index in [1.165, 1.54) is 12.1 Å². The van der Waals surface area contributed by atoms with Crippen LogP contribution in [-0.4, -0.2) is 12.3 Å². The Balaban J connectivity index is 1.88. The van der Waals surface area contributed by atoms with Crippen LogP contribution in [0.4, 0.5) is 13.2 Å². The van der Waals surface area contributed by atoms with E-state index in [-0.39, 0.29) is 0 Å². The maximum Gasteiger partial charge on any atom is 0.416 e. The molecule has 6 heteroatoms. The minimum Gasteiger partial charge on any atom is -0.497 e. The number of rotatable bonds is 4. The maximum absolute atomic E-state index is 13.0. The zero-order valence-electron chi connectivity index (χ0n) is 15.4. The van der Waals surface area contributed by atoms with Crippen LogP contribution >= 0.6 is 0 Å². The van der Waals surface area contributed by atoms with Gasteiger partial charge in [-0.1, -0.05) is 47.6 Å². The minimum absolute atomic E-state index is 0.478. The lowest BCUT2D eigenvalue weighted by Gasteiger charge is -2.09. The number of halogens is 3. The predicted octanol–water partition coefficient (Wildman–Crippen LogP) is 6.70. The van der Waals surface area contributed by atoms with Crippen molar-refractivity contribution in [2.45, 2.75) is 6.18 Å². The van der Waals surface area contributed by atoms with Gasteiger partial charge in [-0.25, -0.2) is 0 Å². The van der Waals surface area contributed by atoms with Crippen molar-refractivity contribution in [3.63, 3.8) is 0 Å². The van der Waals surface area contributed by atoms with Gasteiger partial charge in [-0.15, -0.1) is 0 Å². The van der Waals surface area contributed by atoms with Gasteiger partial charge < -0.3 is 9.26 Å². The van der Waals surface area contributed by atoms with Gasteiger partial charge >= 0.3 is 6.18 Å². The second kappa shape index (κ2) is 7.47. The second-order valence-electron chi connectivity index (χ2n) is 6.40. The summed E-state index contributed by atoms with van der Waals surface area (Å²) in [7, 11) is 1.57. The molecule has 3 nitrogen and oxygen atoms in total. The second-order valence-corrected chi connectivity index (χ2v) is 6.40. The number of methoxy groups -OCH3 is 1. The van der Waals surface area contributed by atoms with E-state index < -0.39 is 11.7 Å². The molecule has 0 spiro atoms. The summed E-state index contributed by atoms with van der Waals surface area (Å²) in [6.45, 7) is 0. The van der Waals surface area contributed by atoms with Crippen molar-refractivity contribution in [3.05, 3.63) is 84.4 Å². The molecule has 1 aromatic heterocycles. The normalized spacial score (nSPS) is 11.4. The lowest BCUT2D eigenvalue weighted by molar-refractivity contribution is -0.137. The van der Waals surface area contributed by atoms with Crippen LogP contribution in [0.2, 0.25) is 0 Å². The summed E-state index contributed by atoms with van der Waals surface area (Å²) in [6, 6.07) is 21.6. The zero-order chi connectivity index (χ0) is 20.4. The third-order valence-corrected chi connectivity index (χ3v) is 4.59. The van der Waals surface area contributed by atoms with Gasteiger partial charge in [0.1, 0.15) is 11.4 Å². The van der Waals surface area contributed by atoms with Gasteiger partial charge in [0.05, 0.1) is 18.2 Å². The van der Waals surface area contributed by atoms with Crippen molar-refractivity contribution < 1.29 is 22.4 Å². The molecular weight excluding hydrogens is 379 g/mol. The highest BCUT2D eigenvalue weighted by Crippen LogP contribution is 2.41. The van der Waals surface area contributed by atoms with Gasteiger partial charge in [-0.3, -0.25) is 0 Å². The van der Waals surface area contributed by atoms with E-state index in [0.717, 1.165) is 23.3 Å². The van der Waals surface area contributed by atoms with Crippen molar-refractivity contribution in [2.75, 3.05) is 7.11 Å². The molecule has 0 radical (unpaired) electrons. The van der Waals surface area contributed by atoms with Crippen LogP contribution in [-0.2, 0) is 6.18 Å². The molecule has 0 atom stereocenters. The summed E-state index contributed by atoms with van der Waals surface area (Å²) in [5.41, 5.74) is 2.64. The number of benzene rings is 3. The predicted molar refractivity (Wildman–Crippen MR) is 104 cm³/mol. The molecule has 0 N–H and O–H groups in total. The van der Waals surface area contributed by atoms with Crippen molar-refractivity contribution in [1.82, 2.24) is 5.16 Å². The number of ether oxygens (including phenoxy) is 1. The van der Waals surface area contributed by atoms with Crippen LogP contribution in [0.5, 0.6) is 5.75 Å². The monoisotopic (exact) mass is 395 g/mol. The van der Waals surface area contributed by atoms with Gasteiger partial charge in [0.25, 0.3) is 0 Å². The first-order valence-corrected chi connectivity index (χ1v) is 8.84. The first kappa shape index (κ1) is 18.8. The molecule has 0 saturated carbocycles. The smallest absolute Gasteiger partial charge is 0.416 e. The first-order chi connectivity index (χ1) is 14.0. The number of nitrogens with zero attached hydrogens (tertiary/aromatic N) is 1. The summed E-state index contributed by atoms with van der Waals surface area (Å²) in [5.74, 6) is 1.17. The van der Waals surface area contributed by atoms with Gasteiger partial charge in [-0.05, 0) is 42.0 Å². The quantitative estimate of drug-likeness (QED) is 0.386. The number of hydrogen-bond acceptors (Lipinski definition) is 3. The Hall–Kier alpha value is -3.54. The average molecular weight is 395 g/mol. The molecule has 4 rings (SSSR count). The fourth-order valence-electron chi connectivity index (χ4n) is 3.12. The Labute approximate surface area is 165 Å². The number of hydrogen-bond donors (Lipinski definition) is 0. The molecule has 29 heavy (non-hydrogen) atoms. The molecule has 4 aromatic rings. The van der Waals surface area contributed by atoms with Gasteiger partial charge in [0.15, 0.2) is 5.76 Å². The van der Waals surface area contributed by atoms with Crippen LogP contribution < -0.4 is 4.74 Å². The molecule has 0 aliphatic carbocycles. The highest BCUT2D eigenvalue weighted by Gasteiger charge is 2.30. The molecule has 1 heterocycles. The van der Waals surface area contributed by atoms with E-state index in [1.54, 1.807) is 19.2 Å². The molecule has 0 aliphatic heterocycles. The van der Waals surface area contributed by atoms with Crippen LogP contribution in [0, 0.1) is 0 Å². The van der Waals surface area contributed by atoms with Crippen molar-refractivity contribution >= 4 is 0 Å². The number of aromatic nitrogens is 1. The van der Waals surface area contributed by atoms with E-state index >= 15 is 0 Å². The molecule has 3 aromatic carbocycles. The molecule has 146 valence electrons. The molecule has 0 bridgehead atoms. The summed E-state index contributed by atoms with van der Waals surface area (Å²) in [5, 5.41) is 4.22. The van der Waals surface area contributed by atoms with Gasteiger partial charge in [-0.2, -0.15) is 13.2 Å². The van der Waals surface area contributed by atoms with Crippen LogP contribution in [0.1, 0.15) is 5.56 Å². The van der Waals surface area contributed by atoms with Crippen molar-refractivity contribution in [1.29, 1.82) is 0 Å². The Morgan fingerprint density at radius 1 is 0.759 bits per heavy atom. The Morgan fingerprint density at radius 2 is 1.38 bits per heavy atom. The standard InChI is InChI=1S/C23H16F3NO2/c1-28-19-13-9-17(10-14-19)22-20(15-7-11-18(12-8-15)23(24,25)26)21(27-29-22)16-5-3-2-4-6-16/h2-14H,1H3. The fraction of sp³-hybridized carbons (Fsp3) is 0.0870. The highest BCUT2D eigenvalue weighted by molar-refractivity contribution is 5.90. The topological polar surface area (TPSA) is 35.3 Å². The van der Waals surface area contributed by atoms with Crippen LogP contribution in [0.3, 0.4) is 0 Å². The average Bonchev–Trinajstić information content (AvgIpc) is 3.19. The van der Waals surface area contributed by atoms with E-state index in [1.807, 2.05) is 42.5 Å². The van der Waals surface area contributed by atoms with Crippen molar-refractivity contribution in [2.24, 2.45) is 0 Å². The molecule has 0 unspecified atom stereocenters. The van der Waals surface area contributed by atoms with E-state index in [9.17, 15) is 13.2 Å². The molecular formula is C23H16F3NO2. The van der Waals surface area contributed by atoms with Gasteiger partial charge in [0, 0.05) is 11.1 Å². The highest BCUT2D eigenvalue weighted by atomic mass is 19.4. The molecule has 0 saturated heterocycles. The van der Waals surface area contributed by atoms with E-state index in [2.05, 4.69) is 5.16 Å². The lowest BCUT2D eigenvalue weighted by Crippen LogP contribution is -2.04. The minimum atomic E-state index is -4.39. The summed E-state index contributed by atoms with van der Waals surface area (Å²) < 4.78 is 49.8. The van der Waals surface area contributed by atoms with Crippen molar-refractivity contribution in [3.8, 4) is 39.5 Å². The molecule has 0 aliphatic rings. The fourth-order valence-corrected chi connectivity index (χ4v) is 3.12. The Bertz CT molecular complexity index is 1100.